The minimum Gasteiger partial charge on any atom is -0.347 e. The number of carbonyl (C=O) groups is 2. The third-order valence-corrected chi connectivity index (χ3v) is 6.06. The largest absolute Gasteiger partial charge is 0.347 e. The van der Waals surface area contributed by atoms with Gasteiger partial charge in [-0.2, -0.15) is 0 Å². The molecule has 32 heavy (non-hydrogen) atoms. The summed E-state index contributed by atoms with van der Waals surface area (Å²) in [5.41, 5.74) is 1.69. The van der Waals surface area contributed by atoms with Crippen molar-refractivity contribution < 1.29 is 14.0 Å². The Labute approximate surface area is 191 Å². The number of amides is 2. The first-order chi connectivity index (χ1) is 15.4. The van der Waals surface area contributed by atoms with E-state index in [4.69, 9.17) is 11.6 Å². The van der Waals surface area contributed by atoms with Crippen molar-refractivity contribution in [2.75, 3.05) is 5.32 Å². The standard InChI is InChI=1S/C22H17ClFN5O2S/c1-13-9-18(28-21(30)16-5-4-15(24)10-17(16)23)32-19(13)22(31)27-11-14-3-2-6-26-20(14)29-8-7-25-12-29/h2-10,12H,11H2,1H3,(H,27,31)(H,28,30). The van der Waals surface area contributed by atoms with Crippen LogP contribution < -0.4 is 10.6 Å². The molecule has 162 valence electrons. The fourth-order valence-corrected chi connectivity index (χ4v) is 4.30. The maximum atomic E-state index is 13.2. The predicted molar refractivity (Wildman–Crippen MR) is 121 cm³/mol. The van der Waals surface area contributed by atoms with E-state index in [9.17, 15) is 14.0 Å². The van der Waals surface area contributed by atoms with Crippen molar-refractivity contribution in [1.82, 2.24) is 19.9 Å². The van der Waals surface area contributed by atoms with Gasteiger partial charge in [-0.1, -0.05) is 17.7 Å². The number of thiophene rings is 1. The van der Waals surface area contributed by atoms with Gasteiger partial charge in [0.15, 0.2) is 0 Å². The molecule has 0 aliphatic rings. The van der Waals surface area contributed by atoms with Crippen LogP contribution >= 0.6 is 22.9 Å². The lowest BCUT2D eigenvalue weighted by Gasteiger charge is -2.10. The lowest BCUT2D eigenvalue weighted by atomic mass is 10.2. The lowest BCUT2D eigenvalue weighted by molar-refractivity contribution is 0.0953. The van der Waals surface area contributed by atoms with E-state index in [0.29, 0.717) is 21.3 Å². The average molecular weight is 470 g/mol. The van der Waals surface area contributed by atoms with Crippen molar-refractivity contribution >= 4 is 39.8 Å². The van der Waals surface area contributed by atoms with Crippen LogP contribution in [0.3, 0.4) is 0 Å². The minimum atomic E-state index is -0.526. The molecule has 0 fully saturated rings. The number of benzene rings is 1. The van der Waals surface area contributed by atoms with E-state index in [-0.39, 0.29) is 23.0 Å². The van der Waals surface area contributed by atoms with Crippen molar-refractivity contribution in [1.29, 1.82) is 0 Å². The Morgan fingerprint density at radius 1 is 1.19 bits per heavy atom. The summed E-state index contributed by atoms with van der Waals surface area (Å²) < 4.78 is 15.0. The quantitative estimate of drug-likeness (QED) is 0.431. The highest BCUT2D eigenvalue weighted by atomic mass is 35.5. The molecule has 3 aromatic heterocycles. The molecular formula is C22H17ClFN5O2S. The SMILES string of the molecule is Cc1cc(NC(=O)c2ccc(F)cc2Cl)sc1C(=O)NCc1cccnc1-n1ccnc1. The van der Waals surface area contributed by atoms with Crippen LogP contribution in [0.25, 0.3) is 5.82 Å². The first kappa shape index (κ1) is 21.7. The van der Waals surface area contributed by atoms with Crippen LogP contribution in [-0.2, 0) is 6.54 Å². The Bertz CT molecular complexity index is 1290. The summed E-state index contributed by atoms with van der Waals surface area (Å²) >= 11 is 7.10. The van der Waals surface area contributed by atoms with Crippen LogP contribution in [0.2, 0.25) is 5.02 Å². The number of nitrogens with one attached hydrogen (secondary N) is 2. The molecule has 0 saturated carbocycles. The van der Waals surface area contributed by atoms with Crippen LogP contribution in [0, 0.1) is 12.7 Å². The van der Waals surface area contributed by atoms with E-state index in [0.717, 1.165) is 29.0 Å². The van der Waals surface area contributed by atoms with Crippen molar-refractivity contribution in [2.24, 2.45) is 0 Å². The molecule has 0 unspecified atom stereocenters. The fraction of sp³-hybridized carbons (Fsp3) is 0.0909. The van der Waals surface area contributed by atoms with E-state index >= 15 is 0 Å². The molecule has 3 heterocycles. The second-order valence-corrected chi connectivity index (χ2v) is 8.30. The Morgan fingerprint density at radius 3 is 2.78 bits per heavy atom. The molecule has 0 spiro atoms. The number of hydrogen-bond donors (Lipinski definition) is 2. The van der Waals surface area contributed by atoms with Gasteiger partial charge in [-0.05, 0) is 42.8 Å². The highest BCUT2D eigenvalue weighted by Gasteiger charge is 2.17. The van der Waals surface area contributed by atoms with E-state index in [1.54, 1.807) is 48.5 Å². The minimum absolute atomic E-state index is 0.0129. The van der Waals surface area contributed by atoms with Crippen molar-refractivity contribution in [2.45, 2.75) is 13.5 Å². The molecule has 10 heteroatoms. The number of imidazole rings is 1. The van der Waals surface area contributed by atoms with Crippen LogP contribution in [0.15, 0.2) is 61.3 Å². The number of pyridine rings is 1. The molecule has 4 rings (SSSR count). The summed E-state index contributed by atoms with van der Waals surface area (Å²) in [6.07, 6.45) is 6.74. The third-order valence-electron chi connectivity index (χ3n) is 4.59. The topological polar surface area (TPSA) is 88.9 Å². The van der Waals surface area contributed by atoms with Crippen molar-refractivity contribution in [3.05, 3.63) is 93.7 Å². The van der Waals surface area contributed by atoms with Crippen LogP contribution in [0.4, 0.5) is 9.39 Å². The molecule has 0 saturated heterocycles. The summed E-state index contributed by atoms with van der Waals surface area (Å²) in [6.45, 7) is 2.05. The number of aryl methyl sites for hydroxylation is 1. The Hall–Kier alpha value is -3.56. The smallest absolute Gasteiger partial charge is 0.261 e. The molecule has 0 radical (unpaired) electrons. The van der Waals surface area contributed by atoms with E-state index < -0.39 is 11.7 Å². The zero-order valence-electron chi connectivity index (χ0n) is 16.8. The number of nitrogens with zero attached hydrogens (tertiary/aromatic N) is 3. The molecule has 1 aromatic carbocycles. The lowest BCUT2D eigenvalue weighted by Crippen LogP contribution is -2.23. The number of carbonyl (C=O) groups excluding carboxylic acids is 2. The zero-order valence-corrected chi connectivity index (χ0v) is 18.4. The summed E-state index contributed by atoms with van der Waals surface area (Å²) in [5.74, 6) is -0.601. The van der Waals surface area contributed by atoms with Gasteiger partial charge in [-0.15, -0.1) is 11.3 Å². The van der Waals surface area contributed by atoms with Gasteiger partial charge in [0.2, 0.25) is 0 Å². The molecule has 0 aliphatic carbocycles. The summed E-state index contributed by atoms with van der Waals surface area (Å²) in [5, 5.41) is 6.10. The molecule has 4 aromatic rings. The average Bonchev–Trinajstić information content (AvgIpc) is 3.42. The van der Waals surface area contributed by atoms with Gasteiger partial charge < -0.3 is 10.6 Å². The number of anilines is 1. The van der Waals surface area contributed by atoms with Gasteiger partial charge in [0.25, 0.3) is 11.8 Å². The number of hydrogen-bond acceptors (Lipinski definition) is 5. The molecular weight excluding hydrogens is 453 g/mol. The number of halogens is 2. The molecule has 2 amide bonds. The highest BCUT2D eigenvalue weighted by Crippen LogP contribution is 2.28. The highest BCUT2D eigenvalue weighted by molar-refractivity contribution is 7.18. The molecule has 7 nitrogen and oxygen atoms in total. The van der Waals surface area contributed by atoms with Crippen LogP contribution in [0.5, 0.6) is 0 Å². The molecule has 0 bridgehead atoms. The summed E-state index contributed by atoms with van der Waals surface area (Å²) in [6, 6.07) is 8.93. The van der Waals surface area contributed by atoms with Crippen molar-refractivity contribution in [3.63, 3.8) is 0 Å². The van der Waals surface area contributed by atoms with Gasteiger partial charge >= 0.3 is 0 Å². The fourth-order valence-electron chi connectivity index (χ4n) is 3.06. The van der Waals surface area contributed by atoms with Gasteiger partial charge in [-0.25, -0.2) is 14.4 Å². The normalized spacial score (nSPS) is 10.7. The predicted octanol–water partition coefficient (Wildman–Crippen LogP) is 4.61. The second kappa shape index (κ2) is 9.29. The van der Waals surface area contributed by atoms with E-state index in [1.165, 1.54) is 6.07 Å². The first-order valence-corrected chi connectivity index (χ1v) is 10.7. The van der Waals surface area contributed by atoms with Crippen molar-refractivity contribution in [3.8, 4) is 5.82 Å². The van der Waals surface area contributed by atoms with Crippen LogP contribution in [0.1, 0.15) is 31.2 Å². The van der Waals surface area contributed by atoms with E-state index in [2.05, 4.69) is 20.6 Å². The maximum absolute atomic E-state index is 13.2. The van der Waals surface area contributed by atoms with Gasteiger partial charge in [-0.3, -0.25) is 14.2 Å². The second-order valence-electron chi connectivity index (χ2n) is 6.84. The summed E-state index contributed by atoms with van der Waals surface area (Å²) in [7, 11) is 0. The number of rotatable bonds is 6. The molecule has 0 aliphatic heterocycles. The van der Waals surface area contributed by atoms with Gasteiger partial charge in [0.1, 0.15) is 18.0 Å². The molecule has 0 atom stereocenters. The molecule has 2 N–H and O–H groups in total. The van der Waals surface area contributed by atoms with Gasteiger partial charge in [0, 0.05) is 30.7 Å². The Morgan fingerprint density at radius 2 is 2.03 bits per heavy atom. The number of aromatic nitrogens is 3. The third kappa shape index (κ3) is 4.68. The zero-order chi connectivity index (χ0) is 22.7. The van der Waals surface area contributed by atoms with Gasteiger partial charge in [0.05, 0.1) is 20.5 Å². The maximum Gasteiger partial charge on any atom is 0.261 e. The van der Waals surface area contributed by atoms with E-state index in [1.807, 2.05) is 6.07 Å². The van der Waals surface area contributed by atoms with Crippen LogP contribution in [-0.4, -0.2) is 26.3 Å². The first-order valence-electron chi connectivity index (χ1n) is 9.49. The Balaban J connectivity index is 1.45. The monoisotopic (exact) mass is 469 g/mol. The Kier molecular flexibility index (Phi) is 6.29. The summed E-state index contributed by atoms with van der Waals surface area (Å²) in [4.78, 5) is 34.1.